The molecule has 1 aliphatic carbocycles. The highest BCUT2D eigenvalue weighted by Crippen LogP contribution is 2.16. The monoisotopic (exact) mass is 313 g/mol. The molecule has 0 aromatic carbocycles. The molecule has 1 atom stereocenters. The van der Waals surface area contributed by atoms with Crippen LogP contribution < -0.4 is 10.7 Å². The number of rotatable bonds is 3. The molecule has 0 spiro atoms. The zero-order valence-electron chi connectivity index (χ0n) is 13.9. The minimum atomic E-state index is -0.588. The summed E-state index contributed by atoms with van der Waals surface area (Å²) in [4.78, 5) is 23.3. The van der Waals surface area contributed by atoms with Gasteiger partial charge < -0.3 is 14.8 Å². The number of amides is 2. The van der Waals surface area contributed by atoms with Crippen molar-refractivity contribution >= 4 is 17.9 Å². The van der Waals surface area contributed by atoms with Crippen LogP contribution in [0.4, 0.5) is 9.59 Å². The summed E-state index contributed by atoms with van der Waals surface area (Å²) in [5, 5.41) is 6.95. The number of carbonyl (C=O) groups excluding carboxylic acids is 2. The van der Waals surface area contributed by atoms with Gasteiger partial charge in [-0.1, -0.05) is 12.8 Å². The summed E-state index contributed by atoms with van der Waals surface area (Å²) in [6, 6.07) is -0.223. The normalized spacial score (nSPS) is 20.9. The van der Waals surface area contributed by atoms with Gasteiger partial charge in [0, 0.05) is 0 Å². The van der Waals surface area contributed by atoms with Crippen LogP contribution in [0.25, 0.3) is 0 Å². The number of nitrogens with one attached hydrogen (secondary N) is 2. The van der Waals surface area contributed by atoms with Crippen LogP contribution in [0.15, 0.2) is 5.10 Å². The van der Waals surface area contributed by atoms with Crippen LogP contribution >= 0.6 is 0 Å². The van der Waals surface area contributed by atoms with Crippen molar-refractivity contribution in [1.29, 1.82) is 0 Å². The van der Waals surface area contributed by atoms with Gasteiger partial charge in [0.25, 0.3) is 0 Å². The van der Waals surface area contributed by atoms with Crippen LogP contribution in [0.2, 0.25) is 0 Å². The second-order valence-electron chi connectivity index (χ2n) is 6.23. The van der Waals surface area contributed by atoms with Gasteiger partial charge in [-0.3, -0.25) is 0 Å². The summed E-state index contributed by atoms with van der Waals surface area (Å²) in [6.45, 7) is 7.46. The highest BCUT2D eigenvalue weighted by molar-refractivity contribution is 5.92. The largest absolute Gasteiger partial charge is 0.449 e. The molecule has 126 valence electrons. The van der Waals surface area contributed by atoms with Crippen LogP contribution in [-0.2, 0) is 9.47 Å². The van der Waals surface area contributed by atoms with E-state index in [1.165, 1.54) is 0 Å². The standard InChI is InChI=1S/C15H27N3O4/c1-5-21-14(20)18-17-12-10-8-6-7-9-11(12)16-13(19)22-15(2,3)4/h11H,5-10H2,1-4H3,(H,16,19)(H,18,20)/b17-12+. The lowest BCUT2D eigenvalue weighted by Gasteiger charge is -2.23. The Hall–Kier alpha value is -1.79. The molecule has 0 aromatic rings. The average molecular weight is 313 g/mol. The maximum atomic E-state index is 11.9. The maximum absolute atomic E-state index is 11.9. The zero-order chi connectivity index (χ0) is 16.6. The van der Waals surface area contributed by atoms with Crippen LogP contribution in [-0.4, -0.2) is 36.1 Å². The minimum absolute atomic E-state index is 0.223. The molecule has 0 saturated heterocycles. The van der Waals surface area contributed by atoms with Crippen molar-refractivity contribution in [3.8, 4) is 0 Å². The molecular weight excluding hydrogens is 286 g/mol. The van der Waals surface area contributed by atoms with Gasteiger partial charge in [-0.05, 0) is 47.0 Å². The van der Waals surface area contributed by atoms with Crippen LogP contribution in [0.1, 0.15) is 59.8 Å². The molecule has 0 heterocycles. The Bertz CT molecular complexity index is 416. The first-order chi connectivity index (χ1) is 10.3. The fourth-order valence-electron chi connectivity index (χ4n) is 2.19. The van der Waals surface area contributed by atoms with E-state index in [1.54, 1.807) is 6.92 Å². The lowest BCUT2D eigenvalue weighted by Crippen LogP contribution is -2.43. The number of ether oxygens (including phenoxy) is 2. The van der Waals surface area contributed by atoms with Gasteiger partial charge in [0.2, 0.25) is 0 Å². The number of alkyl carbamates (subject to hydrolysis) is 1. The molecule has 1 fully saturated rings. The third-order valence-electron chi connectivity index (χ3n) is 3.09. The Balaban J connectivity index is 2.67. The first kappa shape index (κ1) is 18.3. The molecule has 1 aliphatic rings. The maximum Gasteiger partial charge on any atom is 0.427 e. The third kappa shape index (κ3) is 7.28. The predicted octanol–water partition coefficient (Wildman–Crippen LogP) is 2.95. The van der Waals surface area contributed by atoms with Gasteiger partial charge in [0.1, 0.15) is 5.60 Å². The van der Waals surface area contributed by atoms with Crippen molar-refractivity contribution in [3.05, 3.63) is 0 Å². The van der Waals surface area contributed by atoms with Gasteiger partial charge in [-0.15, -0.1) is 0 Å². The molecular formula is C15H27N3O4. The summed E-state index contributed by atoms with van der Waals surface area (Å²) in [6.07, 6.45) is 3.51. The number of nitrogens with zero attached hydrogens (tertiary/aromatic N) is 1. The molecule has 7 nitrogen and oxygen atoms in total. The molecule has 22 heavy (non-hydrogen) atoms. The third-order valence-corrected chi connectivity index (χ3v) is 3.09. The number of carbonyl (C=O) groups is 2. The summed E-state index contributed by atoms with van der Waals surface area (Å²) in [7, 11) is 0. The van der Waals surface area contributed by atoms with Gasteiger partial charge in [-0.2, -0.15) is 5.10 Å². The summed E-state index contributed by atoms with van der Waals surface area (Å²) in [5.74, 6) is 0. The van der Waals surface area contributed by atoms with E-state index in [2.05, 4.69) is 15.8 Å². The molecule has 2 N–H and O–H groups in total. The van der Waals surface area contributed by atoms with Crippen molar-refractivity contribution in [2.75, 3.05) is 6.61 Å². The SMILES string of the molecule is CCOC(=O)N/N=C1\CCCCCC1NC(=O)OC(C)(C)C. The van der Waals surface area contributed by atoms with E-state index < -0.39 is 17.8 Å². The average Bonchev–Trinajstić information content (AvgIpc) is 2.60. The van der Waals surface area contributed by atoms with Gasteiger partial charge in [0.05, 0.1) is 18.4 Å². The Morgan fingerprint density at radius 2 is 1.95 bits per heavy atom. The Morgan fingerprint density at radius 1 is 1.23 bits per heavy atom. The molecule has 0 aliphatic heterocycles. The summed E-state index contributed by atoms with van der Waals surface area (Å²) in [5.41, 5.74) is 2.57. The first-order valence-electron chi connectivity index (χ1n) is 7.80. The van der Waals surface area contributed by atoms with Crippen LogP contribution in [0.3, 0.4) is 0 Å². The van der Waals surface area contributed by atoms with E-state index in [0.717, 1.165) is 37.8 Å². The molecule has 0 aromatic heterocycles. The smallest absolute Gasteiger partial charge is 0.427 e. The van der Waals surface area contributed by atoms with Gasteiger partial charge in [-0.25, -0.2) is 15.0 Å². The Labute approximate surface area is 131 Å². The van der Waals surface area contributed by atoms with Crippen molar-refractivity contribution < 1.29 is 19.1 Å². The summed E-state index contributed by atoms with van der Waals surface area (Å²) >= 11 is 0. The molecule has 2 amide bonds. The molecule has 1 saturated carbocycles. The highest BCUT2D eigenvalue weighted by Gasteiger charge is 2.24. The fourth-order valence-corrected chi connectivity index (χ4v) is 2.19. The molecule has 1 unspecified atom stereocenters. The quantitative estimate of drug-likeness (QED) is 0.619. The van der Waals surface area contributed by atoms with Crippen LogP contribution in [0.5, 0.6) is 0 Å². The molecule has 0 bridgehead atoms. The number of hydrogen-bond donors (Lipinski definition) is 2. The Kier molecular flexibility index (Phi) is 7.14. The van der Waals surface area contributed by atoms with E-state index in [4.69, 9.17) is 9.47 Å². The molecule has 1 rings (SSSR count). The second-order valence-corrected chi connectivity index (χ2v) is 6.23. The molecule has 0 radical (unpaired) electrons. The van der Waals surface area contributed by atoms with E-state index >= 15 is 0 Å². The lowest BCUT2D eigenvalue weighted by atomic mass is 10.1. The number of hydrogen-bond acceptors (Lipinski definition) is 5. The lowest BCUT2D eigenvalue weighted by molar-refractivity contribution is 0.0516. The summed E-state index contributed by atoms with van der Waals surface area (Å²) < 4.78 is 10.1. The van der Waals surface area contributed by atoms with E-state index in [-0.39, 0.29) is 12.6 Å². The van der Waals surface area contributed by atoms with Crippen molar-refractivity contribution in [2.45, 2.75) is 71.4 Å². The van der Waals surface area contributed by atoms with Gasteiger partial charge in [0.15, 0.2) is 0 Å². The van der Waals surface area contributed by atoms with E-state index in [9.17, 15) is 9.59 Å². The van der Waals surface area contributed by atoms with E-state index in [0.29, 0.717) is 0 Å². The highest BCUT2D eigenvalue weighted by atomic mass is 16.6. The van der Waals surface area contributed by atoms with Gasteiger partial charge >= 0.3 is 12.2 Å². The Morgan fingerprint density at radius 3 is 2.59 bits per heavy atom. The minimum Gasteiger partial charge on any atom is -0.449 e. The van der Waals surface area contributed by atoms with Crippen molar-refractivity contribution in [1.82, 2.24) is 10.7 Å². The van der Waals surface area contributed by atoms with E-state index in [1.807, 2.05) is 20.8 Å². The predicted molar refractivity (Wildman–Crippen MR) is 83.8 cm³/mol. The van der Waals surface area contributed by atoms with Crippen molar-refractivity contribution in [3.63, 3.8) is 0 Å². The second kappa shape index (κ2) is 8.60. The zero-order valence-corrected chi connectivity index (χ0v) is 13.9. The topological polar surface area (TPSA) is 89.0 Å². The van der Waals surface area contributed by atoms with Crippen LogP contribution in [0, 0.1) is 0 Å². The fraction of sp³-hybridized carbons (Fsp3) is 0.800. The van der Waals surface area contributed by atoms with Crippen molar-refractivity contribution in [2.24, 2.45) is 5.10 Å². The first-order valence-corrected chi connectivity index (χ1v) is 7.80. The number of hydrazone groups is 1. The molecule has 7 heteroatoms.